The van der Waals surface area contributed by atoms with Gasteiger partial charge in [-0.2, -0.15) is 0 Å². The molecule has 1 fully saturated rings. The number of hydrogen-bond acceptors (Lipinski definition) is 5. The van der Waals surface area contributed by atoms with Gasteiger partial charge in [-0.1, -0.05) is 15.9 Å². The number of nitrogens with two attached hydrogens (primary N) is 1. The number of benzene rings is 1. The first-order valence-corrected chi connectivity index (χ1v) is 7.90. The highest BCUT2D eigenvalue weighted by Crippen LogP contribution is 2.27. The van der Waals surface area contributed by atoms with Crippen LogP contribution in [-0.4, -0.2) is 30.2 Å². The van der Waals surface area contributed by atoms with Crippen LogP contribution in [0.2, 0.25) is 0 Å². The molecule has 1 aromatic rings. The van der Waals surface area contributed by atoms with Crippen molar-refractivity contribution in [2.75, 3.05) is 18.5 Å². The van der Waals surface area contributed by atoms with Gasteiger partial charge >= 0.3 is 0 Å². The van der Waals surface area contributed by atoms with Gasteiger partial charge in [0.2, 0.25) is 0 Å². The quantitative estimate of drug-likeness (QED) is 0.463. The van der Waals surface area contributed by atoms with E-state index < -0.39 is 4.92 Å². The molecular formula is C14H20BrN3O3. The molecule has 0 saturated heterocycles. The van der Waals surface area contributed by atoms with E-state index in [2.05, 4.69) is 21.2 Å². The van der Waals surface area contributed by atoms with E-state index in [4.69, 9.17) is 10.5 Å². The Bertz CT molecular complexity index is 490. The molecule has 116 valence electrons. The maximum absolute atomic E-state index is 11.0. The number of ether oxygens (including phenoxy) is 1. The Balaban J connectivity index is 1.78. The molecule has 1 saturated carbocycles. The molecule has 0 unspecified atom stereocenters. The Kier molecular flexibility index (Phi) is 5.96. The Morgan fingerprint density at radius 1 is 1.38 bits per heavy atom. The molecule has 0 spiro atoms. The van der Waals surface area contributed by atoms with Crippen LogP contribution in [-0.2, 0) is 4.74 Å². The molecule has 1 aromatic carbocycles. The van der Waals surface area contributed by atoms with E-state index in [0.29, 0.717) is 24.9 Å². The number of nitro groups is 1. The Morgan fingerprint density at radius 2 is 2.10 bits per heavy atom. The van der Waals surface area contributed by atoms with Crippen molar-refractivity contribution in [3.63, 3.8) is 0 Å². The van der Waals surface area contributed by atoms with Crippen molar-refractivity contribution in [3.05, 3.63) is 32.8 Å². The maximum atomic E-state index is 11.0. The fourth-order valence-electron chi connectivity index (χ4n) is 2.48. The highest BCUT2D eigenvalue weighted by Gasteiger charge is 2.19. The van der Waals surface area contributed by atoms with Crippen LogP contribution in [0.1, 0.15) is 25.7 Å². The second kappa shape index (κ2) is 7.72. The van der Waals surface area contributed by atoms with Crippen LogP contribution in [0.15, 0.2) is 22.7 Å². The lowest BCUT2D eigenvalue weighted by atomic mass is 9.94. The van der Waals surface area contributed by atoms with E-state index in [-0.39, 0.29) is 11.8 Å². The molecule has 0 heterocycles. The van der Waals surface area contributed by atoms with Crippen LogP contribution in [0.5, 0.6) is 0 Å². The first-order chi connectivity index (χ1) is 10.1. The number of hydrogen-bond donors (Lipinski definition) is 2. The molecule has 0 bridgehead atoms. The van der Waals surface area contributed by atoms with Gasteiger partial charge in [-0.15, -0.1) is 0 Å². The van der Waals surface area contributed by atoms with E-state index in [9.17, 15) is 10.1 Å². The van der Waals surface area contributed by atoms with Gasteiger partial charge in [0.15, 0.2) is 0 Å². The average Bonchev–Trinajstić information content (AvgIpc) is 2.45. The SMILES string of the molecule is NC1CCC(OCCNc2cc(Br)ccc2[N+](=O)[O-])CC1. The van der Waals surface area contributed by atoms with Crippen LogP contribution in [0.4, 0.5) is 11.4 Å². The van der Waals surface area contributed by atoms with Crippen molar-refractivity contribution in [2.45, 2.75) is 37.8 Å². The number of nitro benzene ring substituents is 1. The summed E-state index contributed by atoms with van der Waals surface area (Å²) >= 11 is 3.32. The lowest BCUT2D eigenvalue weighted by Gasteiger charge is -2.26. The highest BCUT2D eigenvalue weighted by atomic mass is 79.9. The molecule has 7 heteroatoms. The third kappa shape index (κ3) is 4.94. The summed E-state index contributed by atoms with van der Waals surface area (Å²) < 4.78 is 6.59. The number of nitrogens with one attached hydrogen (secondary N) is 1. The molecule has 0 amide bonds. The molecule has 21 heavy (non-hydrogen) atoms. The monoisotopic (exact) mass is 357 g/mol. The summed E-state index contributed by atoms with van der Waals surface area (Å²) in [7, 11) is 0. The predicted octanol–water partition coefficient (Wildman–Crippen LogP) is 3.06. The lowest BCUT2D eigenvalue weighted by molar-refractivity contribution is -0.384. The molecular weight excluding hydrogens is 338 g/mol. The van der Waals surface area contributed by atoms with Crippen LogP contribution in [0, 0.1) is 10.1 Å². The third-order valence-electron chi connectivity index (χ3n) is 3.65. The van der Waals surface area contributed by atoms with Crippen molar-refractivity contribution in [1.29, 1.82) is 0 Å². The number of rotatable bonds is 6. The molecule has 1 aliphatic carbocycles. The standard InChI is InChI=1S/C14H20BrN3O3/c15-10-1-6-14(18(19)20)13(9-10)17-7-8-21-12-4-2-11(16)3-5-12/h1,6,9,11-12,17H,2-5,7-8,16H2. The van der Waals surface area contributed by atoms with Gasteiger partial charge in [-0.3, -0.25) is 10.1 Å². The normalized spacial score (nSPS) is 22.0. The van der Waals surface area contributed by atoms with Gasteiger partial charge in [0.1, 0.15) is 5.69 Å². The first kappa shape index (κ1) is 16.2. The van der Waals surface area contributed by atoms with Gasteiger partial charge in [-0.25, -0.2) is 0 Å². The summed E-state index contributed by atoms with van der Waals surface area (Å²) in [6.07, 6.45) is 4.28. The summed E-state index contributed by atoms with van der Waals surface area (Å²) in [6.45, 7) is 1.07. The van der Waals surface area contributed by atoms with Crippen molar-refractivity contribution in [3.8, 4) is 0 Å². The number of nitrogens with zero attached hydrogens (tertiary/aromatic N) is 1. The predicted molar refractivity (Wildman–Crippen MR) is 85.5 cm³/mol. The molecule has 0 radical (unpaired) electrons. The Morgan fingerprint density at radius 3 is 2.76 bits per heavy atom. The summed E-state index contributed by atoms with van der Waals surface area (Å²) in [4.78, 5) is 10.6. The largest absolute Gasteiger partial charge is 0.377 e. The van der Waals surface area contributed by atoms with E-state index in [1.807, 2.05) is 0 Å². The fraction of sp³-hybridized carbons (Fsp3) is 0.571. The van der Waals surface area contributed by atoms with Crippen molar-refractivity contribution in [1.82, 2.24) is 0 Å². The van der Waals surface area contributed by atoms with E-state index in [1.165, 1.54) is 6.07 Å². The topological polar surface area (TPSA) is 90.4 Å². The molecule has 6 nitrogen and oxygen atoms in total. The maximum Gasteiger partial charge on any atom is 0.292 e. The smallest absolute Gasteiger partial charge is 0.292 e. The molecule has 3 N–H and O–H groups in total. The zero-order valence-electron chi connectivity index (χ0n) is 11.8. The lowest BCUT2D eigenvalue weighted by Crippen LogP contribution is -2.31. The van der Waals surface area contributed by atoms with Gasteiger partial charge in [0.25, 0.3) is 5.69 Å². The minimum atomic E-state index is -0.391. The van der Waals surface area contributed by atoms with Crippen molar-refractivity contribution < 1.29 is 9.66 Å². The molecule has 0 atom stereocenters. The van der Waals surface area contributed by atoms with Crippen LogP contribution in [0.3, 0.4) is 0 Å². The van der Waals surface area contributed by atoms with Gasteiger partial charge in [-0.05, 0) is 37.8 Å². The fourth-order valence-corrected chi connectivity index (χ4v) is 2.84. The van der Waals surface area contributed by atoms with Gasteiger partial charge in [0, 0.05) is 23.1 Å². The molecule has 0 aromatic heterocycles. The summed E-state index contributed by atoms with van der Waals surface area (Å²) in [5.41, 5.74) is 6.43. The zero-order chi connectivity index (χ0) is 15.2. The molecule has 0 aliphatic heterocycles. The van der Waals surface area contributed by atoms with Crippen LogP contribution < -0.4 is 11.1 Å². The number of anilines is 1. The first-order valence-electron chi connectivity index (χ1n) is 7.11. The summed E-state index contributed by atoms with van der Waals surface area (Å²) in [6, 6.07) is 5.16. The van der Waals surface area contributed by atoms with Crippen LogP contribution in [0.25, 0.3) is 0 Å². The number of halogens is 1. The second-order valence-electron chi connectivity index (χ2n) is 5.25. The van der Waals surface area contributed by atoms with Gasteiger partial charge in [0.05, 0.1) is 17.6 Å². The van der Waals surface area contributed by atoms with E-state index >= 15 is 0 Å². The molecule has 1 aliphatic rings. The highest BCUT2D eigenvalue weighted by molar-refractivity contribution is 9.10. The van der Waals surface area contributed by atoms with E-state index in [1.54, 1.807) is 12.1 Å². The summed E-state index contributed by atoms with van der Waals surface area (Å²) in [5.74, 6) is 0. The zero-order valence-corrected chi connectivity index (χ0v) is 13.3. The minimum Gasteiger partial charge on any atom is -0.377 e. The molecule has 2 rings (SSSR count). The van der Waals surface area contributed by atoms with Crippen LogP contribution >= 0.6 is 15.9 Å². The van der Waals surface area contributed by atoms with Crippen molar-refractivity contribution in [2.24, 2.45) is 5.73 Å². The van der Waals surface area contributed by atoms with Crippen molar-refractivity contribution >= 4 is 27.3 Å². The van der Waals surface area contributed by atoms with E-state index in [0.717, 1.165) is 30.2 Å². The van der Waals surface area contributed by atoms with Gasteiger partial charge < -0.3 is 15.8 Å². The minimum absolute atomic E-state index is 0.0711. The Hall–Kier alpha value is -1.18. The average molecular weight is 358 g/mol. The third-order valence-corrected chi connectivity index (χ3v) is 4.14. The summed E-state index contributed by atoms with van der Waals surface area (Å²) in [5, 5.41) is 14.0. The Labute approximate surface area is 132 Å². The second-order valence-corrected chi connectivity index (χ2v) is 6.17.